The van der Waals surface area contributed by atoms with E-state index < -0.39 is 18.6 Å². The van der Waals surface area contributed by atoms with E-state index >= 15 is 0 Å². The van der Waals surface area contributed by atoms with Gasteiger partial charge in [0.15, 0.2) is 5.84 Å². The third kappa shape index (κ3) is 3.44. The van der Waals surface area contributed by atoms with Crippen molar-refractivity contribution in [3.05, 3.63) is 30.0 Å². The van der Waals surface area contributed by atoms with Gasteiger partial charge in [-0.1, -0.05) is 11.2 Å². The Morgan fingerprint density at radius 1 is 1.31 bits per heavy atom. The van der Waals surface area contributed by atoms with Gasteiger partial charge in [-0.2, -0.15) is 0 Å². The van der Waals surface area contributed by atoms with Crippen LogP contribution in [0.4, 0.5) is 18.9 Å². The highest BCUT2D eigenvalue weighted by atomic mass is 19.3. The molecule has 1 aliphatic rings. The summed E-state index contributed by atoms with van der Waals surface area (Å²) in [6.07, 6.45) is -3.94. The number of nitrogens with two attached hydrogens (primary N) is 1. The zero-order chi connectivity index (χ0) is 18.8. The number of anilines is 1. The molecule has 0 aliphatic carbocycles. The second-order valence-corrected chi connectivity index (χ2v) is 6.55. The Balaban J connectivity index is 2.04. The Kier molecular flexibility index (Phi) is 5.26. The lowest BCUT2D eigenvalue weighted by molar-refractivity contribution is 0.0103. The Morgan fingerprint density at radius 2 is 2.00 bits per heavy atom. The molecule has 3 rings (SSSR count). The lowest BCUT2D eigenvalue weighted by Gasteiger charge is -2.30. The summed E-state index contributed by atoms with van der Waals surface area (Å²) >= 11 is 0. The summed E-state index contributed by atoms with van der Waals surface area (Å²) < 4.78 is 41.0. The lowest BCUT2D eigenvalue weighted by atomic mass is 10.0. The number of piperidine rings is 1. The first-order valence-electron chi connectivity index (χ1n) is 8.41. The second kappa shape index (κ2) is 7.45. The van der Waals surface area contributed by atoms with Gasteiger partial charge in [0.25, 0.3) is 6.43 Å². The van der Waals surface area contributed by atoms with Crippen molar-refractivity contribution in [2.45, 2.75) is 31.6 Å². The summed E-state index contributed by atoms with van der Waals surface area (Å²) in [4.78, 5) is 2.24. The van der Waals surface area contributed by atoms with Crippen LogP contribution in [0.15, 0.2) is 29.4 Å². The first kappa shape index (κ1) is 18.4. The molecule has 1 unspecified atom stereocenters. The van der Waals surface area contributed by atoms with Gasteiger partial charge in [-0.15, -0.1) is 0 Å². The summed E-state index contributed by atoms with van der Waals surface area (Å²) in [5, 5.41) is 15.7. The van der Waals surface area contributed by atoms with Gasteiger partial charge in [0, 0.05) is 17.1 Å². The summed E-state index contributed by atoms with van der Waals surface area (Å²) in [5.74, 6) is -0.422. The number of hydrogen-bond donors (Lipinski definition) is 3. The molecule has 1 saturated heterocycles. The Labute approximate surface area is 149 Å². The summed E-state index contributed by atoms with van der Waals surface area (Å²) in [6.45, 7) is 1.92. The Hall–Kier alpha value is -2.42. The molecule has 1 aromatic heterocycles. The fourth-order valence-electron chi connectivity index (χ4n) is 3.38. The maximum absolute atomic E-state index is 14.2. The highest BCUT2D eigenvalue weighted by Crippen LogP contribution is 2.33. The van der Waals surface area contributed by atoms with Crippen molar-refractivity contribution in [1.82, 2.24) is 9.47 Å². The van der Waals surface area contributed by atoms with Crippen molar-refractivity contribution in [3.63, 3.8) is 0 Å². The lowest BCUT2D eigenvalue weighted by Crippen LogP contribution is -2.36. The van der Waals surface area contributed by atoms with Gasteiger partial charge in [0.2, 0.25) is 6.30 Å². The van der Waals surface area contributed by atoms with E-state index in [1.54, 1.807) is 6.07 Å². The minimum atomic E-state index is -3.23. The molecule has 142 valence electrons. The molecule has 26 heavy (non-hydrogen) atoms. The predicted octanol–water partition coefficient (Wildman–Crippen LogP) is 2.98. The maximum Gasteiger partial charge on any atom is 0.288 e. The fourth-order valence-corrected chi connectivity index (χ4v) is 3.38. The highest BCUT2D eigenvalue weighted by Gasteiger charge is 2.28. The minimum Gasteiger partial charge on any atom is -0.409 e. The summed E-state index contributed by atoms with van der Waals surface area (Å²) in [7, 11) is 2.06. The van der Waals surface area contributed by atoms with Crippen LogP contribution in [0, 0.1) is 0 Å². The average Bonchev–Trinajstić information content (AvgIpc) is 3.02. The monoisotopic (exact) mass is 369 g/mol. The molecule has 4 N–H and O–H groups in total. The van der Waals surface area contributed by atoms with Gasteiger partial charge in [-0.3, -0.25) is 0 Å². The predicted molar refractivity (Wildman–Crippen MR) is 94.7 cm³/mol. The molecule has 6 nitrogen and oxygen atoms in total. The normalized spacial score (nSPS) is 18.6. The van der Waals surface area contributed by atoms with E-state index in [-0.39, 0.29) is 17.3 Å². The molecular formula is C17H22F3N5O. The standard InChI is InChI=1S/C17H22F3N5O/c1-24-7-5-10(6-8-24)22-12-3-2-4-13-11(12)9-14(17(21)23-26)25(13)16(20)15(18)19/h2-4,9-10,15-16,22,26H,5-8H2,1H3,(H2,21,23). The molecule has 1 fully saturated rings. The van der Waals surface area contributed by atoms with Crippen LogP contribution in [0.1, 0.15) is 24.8 Å². The first-order valence-corrected chi connectivity index (χ1v) is 8.41. The Morgan fingerprint density at radius 3 is 2.62 bits per heavy atom. The number of nitrogens with one attached hydrogen (secondary N) is 1. The van der Waals surface area contributed by atoms with Gasteiger partial charge in [-0.05, 0) is 51.2 Å². The van der Waals surface area contributed by atoms with Crippen molar-refractivity contribution >= 4 is 22.4 Å². The molecule has 9 heteroatoms. The highest BCUT2D eigenvalue weighted by molar-refractivity contribution is 6.04. The van der Waals surface area contributed by atoms with E-state index in [9.17, 15) is 13.2 Å². The number of rotatable bonds is 5. The zero-order valence-electron chi connectivity index (χ0n) is 14.4. The number of hydrogen-bond acceptors (Lipinski definition) is 4. The number of amidine groups is 1. The van der Waals surface area contributed by atoms with Gasteiger partial charge in [0.1, 0.15) is 0 Å². The van der Waals surface area contributed by atoms with Gasteiger partial charge in [-0.25, -0.2) is 13.2 Å². The quantitative estimate of drug-likeness (QED) is 0.328. The van der Waals surface area contributed by atoms with Crippen molar-refractivity contribution in [2.75, 3.05) is 25.5 Å². The maximum atomic E-state index is 14.2. The molecule has 2 aromatic rings. The smallest absolute Gasteiger partial charge is 0.288 e. The van der Waals surface area contributed by atoms with E-state index in [1.165, 1.54) is 12.1 Å². The fraction of sp³-hybridized carbons (Fsp3) is 0.471. The minimum absolute atomic E-state index is 0.0899. The van der Waals surface area contributed by atoms with Gasteiger partial charge < -0.3 is 25.7 Å². The molecule has 1 aliphatic heterocycles. The van der Waals surface area contributed by atoms with Gasteiger partial charge in [0.05, 0.1) is 11.2 Å². The molecule has 1 aromatic carbocycles. The SMILES string of the molecule is CN1CCC(Nc2cccc3c2cc(C(N)=NO)n3C(F)C(F)F)CC1. The third-order valence-corrected chi connectivity index (χ3v) is 4.79. The van der Waals surface area contributed by atoms with Crippen molar-refractivity contribution in [2.24, 2.45) is 10.9 Å². The number of halogens is 3. The number of likely N-dealkylation sites (tertiary alicyclic amines) is 1. The second-order valence-electron chi connectivity index (χ2n) is 6.55. The Bertz CT molecular complexity index is 799. The number of nitrogens with zero attached hydrogens (tertiary/aromatic N) is 3. The number of benzene rings is 1. The van der Waals surface area contributed by atoms with E-state index in [4.69, 9.17) is 10.9 Å². The van der Waals surface area contributed by atoms with Crippen LogP contribution >= 0.6 is 0 Å². The van der Waals surface area contributed by atoms with E-state index in [2.05, 4.69) is 22.4 Å². The molecule has 0 amide bonds. The summed E-state index contributed by atoms with van der Waals surface area (Å²) in [5.41, 5.74) is 6.47. The van der Waals surface area contributed by atoms with Crippen molar-refractivity contribution in [1.29, 1.82) is 0 Å². The topological polar surface area (TPSA) is 78.8 Å². The largest absolute Gasteiger partial charge is 0.409 e. The first-order chi connectivity index (χ1) is 12.4. The number of fused-ring (bicyclic) bond motifs is 1. The molecular weight excluding hydrogens is 347 g/mol. The molecule has 0 spiro atoms. The van der Waals surface area contributed by atoms with E-state index in [0.717, 1.165) is 30.5 Å². The number of oxime groups is 1. The summed E-state index contributed by atoms with van der Waals surface area (Å²) in [6, 6.07) is 6.74. The number of alkyl halides is 3. The van der Waals surface area contributed by atoms with Gasteiger partial charge >= 0.3 is 0 Å². The zero-order valence-corrected chi connectivity index (χ0v) is 14.4. The van der Waals surface area contributed by atoms with Crippen LogP contribution in [0.2, 0.25) is 0 Å². The van der Waals surface area contributed by atoms with Crippen LogP contribution in [0.5, 0.6) is 0 Å². The van der Waals surface area contributed by atoms with Crippen LogP contribution in [0.3, 0.4) is 0 Å². The van der Waals surface area contributed by atoms with E-state index in [0.29, 0.717) is 11.1 Å². The van der Waals surface area contributed by atoms with Crippen LogP contribution in [0.25, 0.3) is 10.9 Å². The van der Waals surface area contributed by atoms with Crippen LogP contribution in [-0.4, -0.2) is 53.1 Å². The molecule has 2 heterocycles. The van der Waals surface area contributed by atoms with E-state index in [1.807, 2.05) is 6.07 Å². The van der Waals surface area contributed by atoms with Crippen molar-refractivity contribution < 1.29 is 18.4 Å². The molecule has 0 radical (unpaired) electrons. The molecule has 0 bridgehead atoms. The van der Waals surface area contributed by atoms with Crippen molar-refractivity contribution in [3.8, 4) is 0 Å². The van der Waals surface area contributed by atoms with Crippen LogP contribution in [-0.2, 0) is 0 Å². The average molecular weight is 369 g/mol. The number of aromatic nitrogens is 1. The molecule has 0 saturated carbocycles. The van der Waals surface area contributed by atoms with Crippen LogP contribution < -0.4 is 11.1 Å². The molecule has 1 atom stereocenters. The third-order valence-electron chi connectivity index (χ3n) is 4.79.